The molecular formula is C13H10F3NO2. The second-order valence-corrected chi connectivity index (χ2v) is 3.74. The predicted molar refractivity (Wildman–Crippen MR) is 64.5 cm³/mol. The Hall–Kier alpha value is -2.37. The standard InChI is InChI=1S/C13H10F3NO2/c14-13(15,16)19-12-7-3-10(4-8-12)17-9-1-5-11(18)6-2-9/h1-8,17-18H. The first kappa shape index (κ1) is 13.1. The summed E-state index contributed by atoms with van der Waals surface area (Å²) in [4.78, 5) is 0. The van der Waals surface area contributed by atoms with Gasteiger partial charge in [-0.1, -0.05) is 0 Å². The fourth-order valence-corrected chi connectivity index (χ4v) is 1.45. The molecule has 0 spiro atoms. The summed E-state index contributed by atoms with van der Waals surface area (Å²) in [6.45, 7) is 0. The smallest absolute Gasteiger partial charge is 0.508 e. The fraction of sp³-hybridized carbons (Fsp3) is 0.0769. The summed E-state index contributed by atoms with van der Waals surface area (Å²) < 4.78 is 39.7. The fourth-order valence-electron chi connectivity index (χ4n) is 1.45. The summed E-state index contributed by atoms with van der Waals surface area (Å²) >= 11 is 0. The molecular weight excluding hydrogens is 259 g/mol. The van der Waals surface area contributed by atoms with Gasteiger partial charge < -0.3 is 15.2 Å². The van der Waals surface area contributed by atoms with E-state index in [1.165, 1.54) is 36.4 Å². The van der Waals surface area contributed by atoms with Crippen molar-refractivity contribution in [3.05, 3.63) is 48.5 Å². The highest BCUT2D eigenvalue weighted by Crippen LogP contribution is 2.25. The number of hydrogen-bond acceptors (Lipinski definition) is 3. The van der Waals surface area contributed by atoms with Gasteiger partial charge in [-0.05, 0) is 48.5 Å². The molecule has 0 bridgehead atoms. The van der Waals surface area contributed by atoms with Gasteiger partial charge in [0.05, 0.1) is 0 Å². The quantitative estimate of drug-likeness (QED) is 0.826. The number of alkyl halides is 3. The second kappa shape index (κ2) is 5.09. The van der Waals surface area contributed by atoms with Crippen LogP contribution in [0, 0.1) is 0 Å². The number of rotatable bonds is 3. The molecule has 0 heterocycles. The van der Waals surface area contributed by atoms with Crippen LogP contribution in [0.2, 0.25) is 0 Å². The van der Waals surface area contributed by atoms with Gasteiger partial charge in [-0.3, -0.25) is 0 Å². The molecule has 6 heteroatoms. The normalized spacial score (nSPS) is 11.1. The van der Waals surface area contributed by atoms with Crippen LogP contribution < -0.4 is 10.1 Å². The lowest BCUT2D eigenvalue weighted by Crippen LogP contribution is -2.16. The topological polar surface area (TPSA) is 41.5 Å². The molecule has 0 saturated carbocycles. The highest BCUT2D eigenvalue weighted by Gasteiger charge is 2.30. The number of phenols is 1. The number of hydrogen-bond donors (Lipinski definition) is 2. The lowest BCUT2D eigenvalue weighted by Gasteiger charge is -2.10. The predicted octanol–water partition coefficient (Wildman–Crippen LogP) is 4.03. The number of benzene rings is 2. The highest BCUT2D eigenvalue weighted by atomic mass is 19.4. The lowest BCUT2D eigenvalue weighted by molar-refractivity contribution is -0.274. The van der Waals surface area contributed by atoms with E-state index < -0.39 is 6.36 Å². The van der Waals surface area contributed by atoms with Crippen molar-refractivity contribution in [3.63, 3.8) is 0 Å². The minimum Gasteiger partial charge on any atom is -0.508 e. The van der Waals surface area contributed by atoms with Crippen LogP contribution in [0.5, 0.6) is 11.5 Å². The third-order valence-electron chi connectivity index (χ3n) is 2.24. The van der Waals surface area contributed by atoms with E-state index in [0.717, 1.165) is 0 Å². The molecule has 0 aliphatic carbocycles. The van der Waals surface area contributed by atoms with Crippen molar-refractivity contribution in [1.82, 2.24) is 0 Å². The highest BCUT2D eigenvalue weighted by molar-refractivity contribution is 5.60. The van der Waals surface area contributed by atoms with Crippen molar-refractivity contribution in [2.45, 2.75) is 6.36 Å². The summed E-state index contributed by atoms with van der Waals surface area (Å²) in [5, 5.41) is 12.1. The van der Waals surface area contributed by atoms with E-state index in [9.17, 15) is 13.2 Å². The summed E-state index contributed by atoms with van der Waals surface area (Å²) in [7, 11) is 0. The molecule has 0 aromatic heterocycles. The monoisotopic (exact) mass is 269 g/mol. The van der Waals surface area contributed by atoms with Crippen molar-refractivity contribution < 1.29 is 23.0 Å². The molecule has 2 N–H and O–H groups in total. The summed E-state index contributed by atoms with van der Waals surface area (Å²) in [6, 6.07) is 11.7. The van der Waals surface area contributed by atoms with Crippen LogP contribution in [0.1, 0.15) is 0 Å². The van der Waals surface area contributed by atoms with Gasteiger partial charge in [-0.15, -0.1) is 13.2 Å². The van der Waals surface area contributed by atoms with Crippen LogP contribution in [-0.2, 0) is 0 Å². The lowest BCUT2D eigenvalue weighted by atomic mass is 10.2. The largest absolute Gasteiger partial charge is 0.573 e. The molecule has 3 nitrogen and oxygen atoms in total. The third-order valence-corrected chi connectivity index (χ3v) is 2.24. The first-order valence-electron chi connectivity index (χ1n) is 5.34. The van der Waals surface area contributed by atoms with Crippen molar-refractivity contribution >= 4 is 11.4 Å². The third kappa shape index (κ3) is 4.09. The molecule has 2 aromatic rings. The Balaban J connectivity index is 2.04. The Morgan fingerprint density at radius 2 is 1.32 bits per heavy atom. The summed E-state index contributed by atoms with van der Waals surface area (Å²) in [6.07, 6.45) is -4.69. The number of anilines is 2. The Morgan fingerprint density at radius 3 is 1.79 bits per heavy atom. The van der Waals surface area contributed by atoms with E-state index in [-0.39, 0.29) is 11.5 Å². The minimum atomic E-state index is -4.69. The molecule has 100 valence electrons. The number of aromatic hydroxyl groups is 1. The molecule has 0 fully saturated rings. The Morgan fingerprint density at radius 1 is 0.842 bits per heavy atom. The van der Waals surface area contributed by atoms with Gasteiger partial charge in [0, 0.05) is 11.4 Å². The van der Waals surface area contributed by atoms with Crippen LogP contribution in [-0.4, -0.2) is 11.5 Å². The molecule has 0 atom stereocenters. The zero-order valence-electron chi connectivity index (χ0n) is 9.61. The van der Waals surface area contributed by atoms with E-state index in [0.29, 0.717) is 11.4 Å². The maximum Gasteiger partial charge on any atom is 0.573 e. The maximum absolute atomic E-state index is 12.0. The van der Waals surface area contributed by atoms with Crippen molar-refractivity contribution in [3.8, 4) is 11.5 Å². The molecule has 0 saturated heterocycles. The average Bonchev–Trinajstić information content (AvgIpc) is 2.33. The van der Waals surface area contributed by atoms with Crippen molar-refractivity contribution in [1.29, 1.82) is 0 Å². The van der Waals surface area contributed by atoms with Crippen LogP contribution in [0.4, 0.5) is 24.5 Å². The average molecular weight is 269 g/mol. The number of nitrogens with one attached hydrogen (secondary N) is 1. The second-order valence-electron chi connectivity index (χ2n) is 3.74. The van der Waals surface area contributed by atoms with Crippen molar-refractivity contribution in [2.24, 2.45) is 0 Å². The summed E-state index contributed by atoms with van der Waals surface area (Å²) in [5.41, 5.74) is 1.32. The Kier molecular flexibility index (Phi) is 3.50. The van der Waals surface area contributed by atoms with Crippen LogP contribution >= 0.6 is 0 Å². The zero-order chi connectivity index (χ0) is 13.9. The van der Waals surface area contributed by atoms with Crippen LogP contribution in [0.15, 0.2) is 48.5 Å². The van der Waals surface area contributed by atoms with Gasteiger partial charge in [-0.25, -0.2) is 0 Å². The van der Waals surface area contributed by atoms with Gasteiger partial charge >= 0.3 is 6.36 Å². The molecule has 0 amide bonds. The molecule has 0 radical (unpaired) electrons. The van der Waals surface area contributed by atoms with Gasteiger partial charge in [0.1, 0.15) is 11.5 Å². The summed E-state index contributed by atoms with van der Waals surface area (Å²) in [5.74, 6) is -0.136. The SMILES string of the molecule is Oc1ccc(Nc2ccc(OC(F)(F)F)cc2)cc1. The molecule has 0 unspecified atom stereocenters. The Labute approximate surface area is 107 Å². The maximum atomic E-state index is 12.0. The van der Waals surface area contributed by atoms with Gasteiger partial charge in [0.25, 0.3) is 0 Å². The Bertz CT molecular complexity index is 535. The molecule has 2 aromatic carbocycles. The van der Waals surface area contributed by atoms with E-state index in [2.05, 4.69) is 10.1 Å². The van der Waals surface area contributed by atoms with Crippen molar-refractivity contribution in [2.75, 3.05) is 5.32 Å². The number of halogens is 3. The minimum absolute atomic E-state index is 0.138. The van der Waals surface area contributed by atoms with E-state index in [4.69, 9.17) is 5.11 Å². The van der Waals surface area contributed by atoms with Gasteiger partial charge in [-0.2, -0.15) is 0 Å². The van der Waals surface area contributed by atoms with Crippen LogP contribution in [0.3, 0.4) is 0 Å². The van der Waals surface area contributed by atoms with E-state index >= 15 is 0 Å². The van der Waals surface area contributed by atoms with Gasteiger partial charge in [0.15, 0.2) is 0 Å². The first-order valence-corrected chi connectivity index (χ1v) is 5.34. The molecule has 2 rings (SSSR count). The van der Waals surface area contributed by atoms with Gasteiger partial charge in [0.2, 0.25) is 0 Å². The molecule has 0 aliphatic rings. The molecule has 0 aliphatic heterocycles. The first-order chi connectivity index (χ1) is 8.92. The van der Waals surface area contributed by atoms with E-state index in [1.807, 2.05) is 0 Å². The number of phenolic OH excluding ortho intramolecular Hbond substituents is 1. The van der Waals surface area contributed by atoms with E-state index in [1.54, 1.807) is 12.1 Å². The number of ether oxygens (including phenoxy) is 1. The zero-order valence-corrected chi connectivity index (χ0v) is 9.61. The van der Waals surface area contributed by atoms with Crippen LogP contribution in [0.25, 0.3) is 0 Å². The molecule has 19 heavy (non-hydrogen) atoms.